The first-order chi connectivity index (χ1) is 7.73. The molecule has 0 radical (unpaired) electrons. The molecule has 0 aliphatic rings. The van der Waals surface area contributed by atoms with Crippen LogP contribution < -0.4 is 0 Å². The summed E-state index contributed by atoms with van der Waals surface area (Å²) in [4.78, 5) is 11.4. The van der Waals surface area contributed by atoms with Crippen molar-refractivity contribution < 1.29 is 8.42 Å². The van der Waals surface area contributed by atoms with Crippen LogP contribution in [0.25, 0.3) is 11.2 Å². The first-order valence-corrected chi connectivity index (χ1v) is 7.14. The van der Waals surface area contributed by atoms with Gasteiger partial charge in [-0.15, -0.1) is 0 Å². The van der Waals surface area contributed by atoms with Gasteiger partial charge in [-0.1, -0.05) is 0 Å². The van der Waals surface area contributed by atoms with Gasteiger partial charge in [0.05, 0.1) is 5.52 Å². The number of aromatic nitrogens is 3. The Morgan fingerprint density at radius 1 is 1.35 bits per heavy atom. The highest BCUT2D eigenvalue weighted by atomic mass is 32.2. The minimum atomic E-state index is -3.24. The van der Waals surface area contributed by atoms with E-state index in [1.807, 2.05) is 13.0 Å². The molecule has 0 fully saturated rings. The monoisotopic (exact) mass is 253 g/mol. The molecule has 0 atom stereocenters. The molecule has 2 heterocycles. The van der Waals surface area contributed by atoms with Gasteiger partial charge < -0.3 is 4.98 Å². The molecule has 2 aromatic rings. The summed E-state index contributed by atoms with van der Waals surface area (Å²) in [6, 6.07) is 1.86. The van der Waals surface area contributed by atoms with E-state index < -0.39 is 14.6 Å². The van der Waals surface area contributed by atoms with Crippen molar-refractivity contribution in [1.29, 1.82) is 0 Å². The van der Waals surface area contributed by atoms with E-state index in [9.17, 15) is 8.42 Å². The van der Waals surface area contributed by atoms with Crippen molar-refractivity contribution in [1.82, 2.24) is 15.0 Å². The summed E-state index contributed by atoms with van der Waals surface area (Å²) < 4.78 is 22.4. The highest BCUT2D eigenvalue weighted by molar-refractivity contribution is 7.91. The molecule has 0 saturated carbocycles. The molecule has 6 heteroatoms. The molecule has 0 unspecified atom stereocenters. The summed E-state index contributed by atoms with van der Waals surface area (Å²) >= 11 is 0. The fourth-order valence-electron chi connectivity index (χ4n) is 1.50. The Hall–Kier alpha value is -1.43. The number of aromatic amines is 1. The van der Waals surface area contributed by atoms with Gasteiger partial charge in [0, 0.05) is 12.5 Å². The summed E-state index contributed by atoms with van der Waals surface area (Å²) in [6.45, 7) is 5.20. The Morgan fingerprint density at radius 3 is 2.53 bits per heavy atom. The van der Waals surface area contributed by atoms with Crippen LogP contribution in [-0.2, 0) is 14.6 Å². The van der Waals surface area contributed by atoms with Crippen molar-refractivity contribution >= 4 is 21.0 Å². The molecular formula is C11H15N3O2S. The highest BCUT2D eigenvalue weighted by Crippen LogP contribution is 2.28. The van der Waals surface area contributed by atoms with Gasteiger partial charge in [0.2, 0.25) is 0 Å². The maximum atomic E-state index is 11.7. The van der Waals surface area contributed by atoms with E-state index in [0.717, 1.165) is 11.1 Å². The van der Waals surface area contributed by atoms with E-state index in [4.69, 9.17) is 0 Å². The smallest absolute Gasteiger partial charge is 0.178 e. The highest BCUT2D eigenvalue weighted by Gasteiger charge is 2.35. The lowest BCUT2D eigenvalue weighted by Gasteiger charge is -2.19. The van der Waals surface area contributed by atoms with Gasteiger partial charge in [0.25, 0.3) is 0 Å². The van der Waals surface area contributed by atoms with Crippen molar-refractivity contribution in [2.75, 3.05) is 6.26 Å². The molecule has 92 valence electrons. The van der Waals surface area contributed by atoms with E-state index in [2.05, 4.69) is 15.0 Å². The molecule has 5 nitrogen and oxygen atoms in total. The van der Waals surface area contributed by atoms with Crippen LogP contribution in [0.4, 0.5) is 0 Å². The minimum Gasteiger partial charge on any atom is -0.339 e. The largest absolute Gasteiger partial charge is 0.339 e. The first-order valence-electron chi connectivity index (χ1n) is 5.25. The van der Waals surface area contributed by atoms with E-state index in [1.165, 1.54) is 6.26 Å². The summed E-state index contributed by atoms with van der Waals surface area (Å²) in [7, 11) is -3.24. The zero-order valence-electron chi connectivity index (χ0n) is 10.3. The van der Waals surface area contributed by atoms with E-state index in [1.54, 1.807) is 20.0 Å². The Kier molecular flexibility index (Phi) is 2.50. The molecule has 0 spiro atoms. The van der Waals surface area contributed by atoms with Crippen molar-refractivity contribution in [2.45, 2.75) is 25.5 Å². The molecule has 0 saturated heterocycles. The van der Waals surface area contributed by atoms with Gasteiger partial charge in [0.15, 0.2) is 15.5 Å². The van der Waals surface area contributed by atoms with Gasteiger partial charge in [0.1, 0.15) is 10.6 Å². The van der Waals surface area contributed by atoms with Gasteiger partial charge in [-0.25, -0.2) is 18.4 Å². The van der Waals surface area contributed by atoms with Crippen molar-refractivity contribution in [2.24, 2.45) is 0 Å². The predicted octanol–water partition coefficient (Wildman–Crippen LogP) is 1.55. The standard InChI is InChI=1S/C11H15N3O2S/c1-7-5-6-12-9-8(7)13-10(14-9)11(2,3)17(4,15)16/h5-6H,1-4H3,(H,12,13,14). The van der Waals surface area contributed by atoms with Gasteiger partial charge >= 0.3 is 0 Å². The van der Waals surface area contributed by atoms with Crippen LogP contribution in [0.2, 0.25) is 0 Å². The Balaban J connectivity index is 2.70. The molecule has 0 aliphatic carbocycles. The van der Waals surface area contributed by atoms with E-state index in [0.29, 0.717) is 11.5 Å². The van der Waals surface area contributed by atoms with Crippen LogP contribution in [0.15, 0.2) is 12.3 Å². The average Bonchev–Trinajstić information content (AvgIpc) is 2.61. The lowest BCUT2D eigenvalue weighted by molar-refractivity contribution is 0.552. The van der Waals surface area contributed by atoms with Gasteiger partial charge in [-0.3, -0.25) is 0 Å². The summed E-state index contributed by atoms with van der Waals surface area (Å²) in [5, 5.41) is 0. The van der Waals surface area contributed by atoms with Gasteiger partial charge in [-0.05, 0) is 32.4 Å². The van der Waals surface area contributed by atoms with Gasteiger partial charge in [-0.2, -0.15) is 0 Å². The van der Waals surface area contributed by atoms with Crippen LogP contribution in [0, 0.1) is 6.92 Å². The summed E-state index contributed by atoms with van der Waals surface area (Å²) in [5.41, 5.74) is 2.34. The van der Waals surface area contributed by atoms with Crippen molar-refractivity contribution in [3.05, 3.63) is 23.7 Å². The molecule has 17 heavy (non-hydrogen) atoms. The maximum absolute atomic E-state index is 11.7. The number of rotatable bonds is 2. The number of pyridine rings is 1. The van der Waals surface area contributed by atoms with Crippen LogP contribution >= 0.6 is 0 Å². The number of aryl methyl sites for hydroxylation is 1. The first kappa shape index (κ1) is 12.0. The summed E-state index contributed by atoms with van der Waals surface area (Å²) in [5.74, 6) is 0.428. The topological polar surface area (TPSA) is 75.7 Å². The molecule has 1 N–H and O–H groups in total. The lowest BCUT2D eigenvalue weighted by Crippen LogP contribution is -2.29. The van der Waals surface area contributed by atoms with Crippen LogP contribution in [0.1, 0.15) is 25.2 Å². The van der Waals surface area contributed by atoms with E-state index >= 15 is 0 Å². The number of imidazole rings is 1. The van der Waals surface area contributed by atoms with Crippen molar-refractivity contribution in [3.63, 3.8) is 0 Å². The zero-order chi connectivity index (χ0) is 12.8. The van der Waals surface area contributed by atoms with Crippen LogP contribution in [0.5, 0.6) is 0 Å². The minimum absolute atomic E-state index is 0.428. The zero-order valence-corrected chi connectivity index (χ0v) is 11.1. The normalized spacial score (nSPS) is 13.2. The molecule has 0 amide bonds. The van der Waals surface area contributed by atoms with Crippen LogP contribution in [0.3, 0.4) is 0 Å². The predicted molar refractivity (Wildman–Crippen MR) is 66.5 cm³/mol. The molecule has 2 rings (SSSR count). The molecular weight excluding hydrogens is 238 g/mol. The van der Waals surface area contributed by atoms with E-state index in [-0.39, 0.29) is 0 Å². The lowest BCUT2D eigenvalue weighted by atomic mass is 10.2. The average molecular weight is 253 g/mol. The molecule has 0 aromatic carbocycles. The number of H-pyrrole nitrogens is 1. The number of fused-ring (bicyclic) bond motifs is 1. The SMILES string of the molecule is Cc1ccnc2nc(C(C)(C)S(C)(=O)=O)[nH]c12. The quantitative estimate of drug-likeness (QED) is 0.881. The number of hydrogen-bond donors (Lipinski definition) is 1. The number of nitrogens with zero attached hydrogens (tertiary/aromatic N) is 2. The second-order valence-electron chi connectivity index (χ2n) is 4.69. The summed E-state index contributed by atoms with van der Waals surface area (Å²) in [6.07, 6.45) is 2.87. The van der Waals surface area contributed by atoms with Crippen molar-refractivity contribution in [3.8, 4) is 0 Å². The Labute approximate surface area is 100 Å². The number of nitrogens with one attached hydrogen (secondary N) is 1. The molecule has 0 bridgehead atoms. The maximum Gasteiger partial charge on any atom is 0.178 e. The third-order valence-corrected chi connectivity index (χ3v) is 5.14. The Bertz CT molecular complexity index is 671. The Morgan fingerprint density at radius 2 is 2.00 bits per heavy atom. The molecule has 0 aliphatic heterocycles. The number of hydrogen-bond acceptors (Lipinski definition) is 4. The molecule has 2 aromatic heterocycles. The number of sulfone groups is 1. The third kappa shape index (κ3) is 1.82. The fraction of sp³-hybridized carbons (Fsp3) is 0.455. The fourth-order valence-corrected chi connectivity index (χ4v) is 1.94. The third-order valence-electron chi connectivity index (χ3n) is 3.10. The second kappa shape index (κ2) is 3.53. The van der Waals surface area contributed by atoms with Crippen LogP contribution in [-0.4, -0.2) is 29.6 Å². The second-order valence-corrected chi connectivity index (χ2v) is 7.26.